The highest BCUT2D eigenvalue weighted by atomic mass is 35.5. The number of aromatic amines is 1. The van der Waals surface area contributed by atoms with Crippen LogP contribution in [0.3, 0.4) is 0 Å². The van der Waals surface area contributed by atoms with Crippen molar-refractivity contribution in [2.75, 3.05) is 38.5 Å². The fourth-order valence-corrected chi connectivity index (χ4v) is 4.17. The predicted octanol–water partition coefficient (Wildman–Crippen LogP) is 5.01. The van der Waals surface area contributed by atoms with Gasteiger partial charge in [-0.3, -0.25) is 4.79 Å². The zero-order valence-corrected chi connectivity index (χ0v) is 18.6. The number of carbonyl (C=O) groups excluding carboxylic acids is 1. The Kier molecular flexibility index (Phi) is 5.55. The normalized spacial score (nSPS) is 14.6. The molecule has 1 fully saturated rings. The van der Waals surface area contributed by atoms with Gasteiger partial charge in [0.1, 0.15) is 5.82 Å². The van der Waals surface area contributed by atoms with Crippen molar-refractivity contribution in [3.63, 3.8) is 0 Å². The van der Waals surface area contributed by atoms with E-state index in [2.05, 4.69) is 22.2 Å². The summed E-state index contributed by atoms with van der Waals surface area (Å²) in [5.41, 5.74) is 5.12. The molecule has 1 aliphatic heterocycles. The maximum atomic E-state index is 13.0. The molecule has 0 atom stereocenters. The van der Waals surface area contributed by atoms with Crippen molar-refractivity contribution in [1.29, 1.82) is 0 Å². The zero-order valence-electron chi connectivity index (χ0n) is 17.8. The first kappa shape index (κ1) is 20.5. The summed E-state index contributed by atoms with van der Waals surface area (Å²) in [6.07, 6.45) is 0. The van der Waals surface area contributed by atoms with Gasteiger partial charge < -0.3 is 20.1 Å². The van der Waals surface area contributed by atoms with Gasteiger partial charge >= 0.3 is 0 Å². The van der Waals surface area contributed by atoms with Crippen LogP contribution in [0.15, 0.2) is 66.7 Å². The number of piperazine rings is 1. The van der Waals surface area contributed by atoms with Gasteiger partial charge in [0.25, 0.3) is 5.91 Å². The van der Waals surface area contributed by atoms with Gasteiger partial charge in [0, 0.05) is 53.7 Å². The Labute approximate surface area is 191 Å². The molecule has 2 N–H and O–H groups in total. The van der Waals surface area contributed by atoms with Gasteiger partial charge in [-0.05, 0) is 55.6 Å². The van der Waals surface area contributed by atoms with Gasteiger partial charge in [-0.15, -0.1) is 0 Å². The van der Waals surface area contributed by atoms with E-state index in [-0.39, 0.29) is 5.91 Å². The first-order chi connectivity index (χ1) is 15.6. The number of imidazole rings is 1. The molecule has 6 nitrogen and oxygen atoms in total. The molecular formula is C25H24ClN5O. The summed E-state index contributed by atoms with van der Waals surface area (Å²) in [6, 6.07) is 21.3. The van der Waals surface area contributed by atoms with Crippen LogP contribution in [0.4, 0.5) is 11.4 Å². The molecule has 7 heteroatoms. The van der Waals surface area contributed by atoms with E-state index in [1.54, 1.807) is 0 Å². The number of para-hydroxylation sites is 1. The smallest absolute Gasteiger partial charge is 0.254 e. The molecule has 32 heavy (non-hydrogen) atoms. The number of aromatic nitrogens is 2. The standard InChI is InChI=1S/C25H24ClN5O/c1-30-11-13-31(14-12-30)25(32)17-9-10-22-23(15-17)29-24(28-22)20-7-2-3-8-21(20)27-19-6-4-5-18(26)16-19/h2-10,15-16,27H,11-14H2,1H3,(H,28,29). The number of carbonyl (C=O) groups is 1. The van der Waals surface area contributed by atoms with Crippen LogP contribution in [0, 0.1) is 0 Å². The van der Waals surface area contributed by atoms with Crippen molar-refractivity contribution in [3.8, 4) is 11.4 Å². The highest BCUT2D eigenvalue weighted by Gasteiger charge is 2.21. The highest BCUT2D eigenvalue weighted by Crippen LogP contribution is 2.31. The van der Waals surface area contributed by atoms with E-state index in [1.165, 1.54) is 0 Å². The Balaban J connectivity index is 1.44. The Morgan fingerprint density at radius 2 is 1.81 bits per heavy atom. The molecule has 1 aliphatic rings. The van der Waals surface area contributed by atoms with Crippen LogP contribution in [0.2, 0.25) is 5.02 Å². The second-order valence-electron chi connectivity index (χ2n) is 8.09. The van der Waals surface area contributed by atoms with Crippen molar-refractivity contribution >= 4 is 39.9 Å². The number of halogens is 1. The molecule has 1 amide bonds. The largest absolute Gasteiger partial charge is 0.355 e. The van der Waals surface area contributed by atoms with Crippen LogP contribution >= 0.6 is 11.6 Å². The quantitative estimate of drug-likeness (QED) is 0.463. The Morgan fingerprint density at radius 3 is 2.62 bits per heavy atom. The number of anilines is 2. The molecule has 2 heterocycles. The summed E-state index contributed by atoms with van der Waals surface area (Å²) in [5, 5.41) is 4.10. The molecule has 0 aliphatic carbocycles. The fraction of sp³-hybridized carbons (Fsp3) is 0.200. The molecule has 1 aromatic heterocycles. The Morgan fingerprint density at radius 1 is 1.00 bits per heavy atom. The van der Waals surface area contributed by atoms with Crippen LogP contribution in [0.1, 0.15) is 10.4 Å². The second kappa shape index (κ2) is 8.65. The fourth-order valence-electron chi connectivity index (χ4n) is 3.98. The summed E-state index contributed by atoms with van der Waals surface area (Å²) < 4.78 is 0. The van der Waals surface area contributed by atoms with Gasteiger partial charge in [-0.25, -0.2) is 4.98 Å². The van der Waals surface area contributed by atoms with Crippen molar-refractivity contribution < 1.29 is 4.79 Å². The summed E-state index contributed by atoms with van der Waals surface area (Å²) in [6.45, 7) is 3.31. The summed E-state index contributed by atoms with van der Waals surface area (Å²) in [5.74, 6) is 0.813. The Hall–Kier alpha value is -3.35. The maximum absolute atomic E-state index is 13.0. The number of nitrogens with zero attached hydrogens (tertiary/aromatic N) is 3. The topological polar surface area (TPSA) is 64.3 Å². The lowest BCUT2D eigenvalue weighted by Crippen LogP contribution is -2.47. The van der Waals surface area contributed by atoms with Crippen molar-refractivity contribution in [1.82, 2.24) is 19.8 Å². The Bertz CT molecular complexity index is 1280. The van der Waals surface area contributed by atoms with E-state index >= 15 is 0 Å². The molecule has 0 bridgehead atoms. The SMILES string of the molecule is CN1CCN(C(=O)c2ccc3nc(-c4ccccc4Nc4cccc(Cl)c4)[nH]c3c2)CC1. The number of benzene rings is 3. The van der Waals surface area contributed by atoms with E-state index in [1.807, 2.05) is 71.6 Å². The molecular weight excluding hydrogens is 422 g/mol. The third-order valence-electron chi connectivity index (χ3n) is 5.81. The lowest BCUT2D eigenvalue weighted by Gasteiger charge is -2.32. The summed E-state index contributed by atoms with van der Waals surface area (Å²) >= 11 is 6.13. The van der Waals surface area contributed by atoms with E-state index in [4.69, 9.17) is 16.6 Å². The monoisotopic (exact) mass is 445 g/mol. The van der Waals surface area contributed by atoms with Crippen LogP contribution < -0.4 is 5.32 Å². The molecule has 1 saturated heterocycles. The van der Waals surface area contributed by atoms with Crippen molar-refractivity contribution in [2.24, 2.45) is 0 Å². The van der Waals surface area contributed by atoms with Gasteiger partial charge in [0.2, 0.25) is 0 Å². The number of H-pyrrole nitrogens is 1. The minimum Gasteiger partial charge on any atom is -0.355 e. The van der Waals surface area contributed by atoms with Crippen LogP contribution in [-0.4, -0.2) is 58.9 Å². The maximum Gasteiger partial charge on any atom is 0.254 e. The molecule has 0 unspecified atom stereocenters. The molecule has 4 aromatic rings. The number of nitrogens with one attached hydrogen (secondary N) is 2. The lowest BCUT2D eigenvalue weighted by molar-refractivity contribution is 0.0664. The minimum atomic E-state index is 0.0687. The van der Waals surface area contributed by atoms with Crippen LogP contribution in [0.5, 0.6) is 0 Å². The second-order valence-corrected chi connectivity index (χ2v) is 8.53. The molecule has 0 saturated carbocycles. The van der Waals surface area contributed by atoms with Crippen molar-refractivity contribution in [2.45, 2.75) is 0 Å². The highest BCUT2D eigenvalue weighted by molar-refractivity contribution is 6.30. The number of fused-ring (bicyclic) bond motifs is 1. The molecule has 5 rings (SSSR count). The third kappa shape index (κ3) is 4.20. The lowest BCUT2D eigenvalue weighted by atomic mass is 10.1. The minimum absolute atomic E-state index is 0.0687. The molecule has 0 spiro atoms. The van der Waals surface area contributed by atoms with Crippen LogP contribution in [-0.2, 0) is 0 Å². The summed E-state index contributed by atoms with van der Waals surface area (Å²) in [7, 11) is 2.08. The first-order valence-electron chi connectivity index (χ1n) is 10.7. The van der Waals surface area contributed by atoms with Gasteiger partial charge in [0.05, 0.1) is 11.0 Å². The average Bonchev–Trinajstić information content (AvgIpc) is 3.23. The number of rotatable bonds is 4. The van der Waals surface area contributed by atoms with E-state index in [0.717, 1.165) is 60.0 Å². The van der Waals surface area contributed by atoms with Gasteiger partial charge in [-0.2, -0.15) is 0 Å². The van der Waals surface area contributed by atoms with Gasteiger partial charge in [0.15, 0.2) is 0 Å². The number of hydrogen-bond donors (Lipinski definition) is 2. The predicted molar refractivity (Wildman–Crippen MR) is 130 cm³/mol. The number of likely N-dealkylation sites (N-methyl/N-ethyl adjacent to an activating group) is 1. The van der Waals surface area contributed by atoms with E-state index in [9.17, 15) is 4.79 Å². The number of amides is 1. The molecule has 3 aromatic carbocycles. The van der Waals surface area contributed by atoms with Gasteiger partial charge in [-0.1, -0.05) is 29.8 Å². The van der Waals surface area contributed by atoms with Crippen molar-refractivity contribution in [3.05, 3.63) is 77.3 Å². The average molecular weight is 446 g/mol. The third-order valence-corrected chi connectivity index (χ3v) is 6.04. The number of hydrogen-bond acceptors (Lipinski definition) is 4. The summed E-state index contributed by atoms with van der Waals surface area (Å²) in [4.78, 5) is 25.3. The van der Waals surface area contributed by atoms with E-state index in [0.29, 0.717) is 10.6 Å². The zero-order chi connectivity index (χ0) is 22.1. The van der Waals surface area contributed by atoms with Crippen LogP contribution in [0.25, 0.3) is 22.4 Å². The first-order valence-corrected chi connectivity index (χ1v) is 11.0. The molecule has 162 valence electrons. The van der Waals surface area contributed by atoms with E-state index < -0.39 is 0 Å². The molecule has 0 radical (unpaired) electrons.